The average molecular weight is 370 g/mol. The van der Waals surface area contributed by atoms with E-state index in [1.54, 1.807) is 18.3 Å². The van der Waals surface area contributed by atoms with Crippen molar-refractivity contribution >= 4 is 23.1 Å². The fourth-order valence-electron chi connectivity index (χ4n) is 2.51. The standard InChI is InChI=1S/C22H18N4S/c23-14-17-10-12-19(13-11-17)21-9-5-4-8-20(21)15-25-26-22(24)27-16-18-6-2-1-3-7-18/h1-13,15H,16H2,(H2,24,26). The lowest BCUT2D eigenvalue weighted by atomic mass is 9.99. The van der Waals surface area contributed by atoms with E-state index in [0.717, 1.165) is 22.4 Å². The summed E-state index contributed by atoms with van der Waals surface area (Å²) in [5, 5.41) is 17.6. The van der Waals surface area contributed by atoms with Gasteiger partial charge in [-0.3, -0.25) is 0 Å². The molecule has 0 aliphatic heterocycles. The first-order valence-electron chi connectivity index (χ1n) is 8.39. The quantitative estimate of drug-likeness (QED) is 0.398. The van der Waals surface area contributed by atoms with Crippen molar-refractivity contribution in [3.8, 4) is 17.2 Å². The van der Waals surface area contributed by atoms with Crippen molar-refractivity contribution < 1.29 is 0 Å². The lowest BCUT2D eigenvalue weighted by molar-refractivity contribution is 1.25. The minimum absolute atomic E-state index is 0.422. The van der Waals surface area contributed by atoms with Crippen LogP contribution in [-0.4, -0.2) is 11.4 Å². The summed E-state index contributed by atoms with van der Waals surface area (Å²) >= 11 is 1.45. The van der Waals surface area contributed by atoms with E-state index in [0.29, 0.717) is 10.7 Å². The zero-order chi connectivity index (χ0) is 18.9. The predicted octanol–water partition coefficient (Wildman–Crippen LogP) is 4.81. The van der Waals surface area contributed by atoms with Crippen LogP contribution in [-0.2, 0) is 5.75 Å². The smallest absolute Gasteiger partial charge is 0.180 e. The van der Waals surface area contributed by atoms with E-state index in [1.165, 1.54) is 17.3 Å². The minimum atomic E-state index is 0.422. The highest BCUT2D eigenvalue weighted by molar-refractivity contribution is 8.13. The van der Waals surface area contributed by atoms with E-state index in [4.69, 9.17) is 11.0 Å². The van der Waals surface area contributed by atoms with Crippen molar-refractivity contribution in [2.45, 2.75) is 5.75 Å². The summed E-state index contributed by atoms with van der Waals surface area (Å²) in [7, 11) is 0. The Labute approximate surface area is 163 Å². The third-order valence-corrected chi connectivity index (χ3v) is 4.72. The number of nitriles is 1. The molecule has 0 amide bonds. The molecule has 132 valence electrons. The zero-order valence-electron chi connectivity index (χ0n) is 14.6. The summed E-state index contributed by atoms with van der Waals surface area (Å²) in [6.07, 6.45) is 1.70. The number of rotatable bonds is 5. The Morgan fingerprint density at radius 1 is 0.963 bits per heavy atom. The molecule has 0 bridgehead atoms. The van der Waals surface area contributed by atoms with Crippen molar-refractivity contribution in [3.05, 3.63) is 95.6 Å². The normalized spacial score (nSPS) is 11.4. The van der Waals surface area contributed by atoms with Gasteiger partial charge in [-0.1, -0.05) is 78.5 Å². The van der Waals surface area contributed by atoms with Crippen LogP contribution in [0.15, 0.2) is 89.1 Å². The maximum absolute atomic E-state index is 8.94. The van der Waals surface area contributed by atoms with Crippen LogP contribution in [0.3, 0.4) is 0 Å². The van der Waals surface area contributed by atoms with Gasteiger partial charge in [0.25, 0.3) is 0 Å². The molecule has 5 heteroatoms. The molecule has 0 radical (unpaired) electrons. The number of thioether (sulfide) groups is 1. The van der Waals surface area contributed by atoms with E-state index in [1.807, 2.05) is 54.6 Å². The number of amidine groups is 1. The molecule has 2 N–H and O–H groups in total. The van der Waals surface area contributed by atoms with Crippen molar-refractivity contribution in [3.63, 3.8) is 0 Å². The lowest BCUT2D eigenvalue weighted by Crippen LogP contribution is -2.06. The first kappa shape index (κ1) is 18.4. The fraction of sp³-hybridized carbons (Fsp3) is 0.0455. The maximum Gasteiger partial charge on any atom is 0.180 e. The molecule has 0 aliphatic rings. The number of nitrogens with zero attached hydrogens (tertiary/aromatic N) is 3. The third kappa shape index (κ3) is 5.30. The monoisotopic (exact) mass is 370 g/mol. The Morgan fingerprint density at radius 2 is 1.67 bits per heavy atom. The highest BCUT2D eigenvalue weighted by Crippen LogP contribution is 2.23. The number of hydrogen-bond acceptors (Lipinski definition) is 4. The Hall–Kier alpha value is -3.36. The second-order valence-corrected chi connectivity index (χ2v) is 6.73. The Balaban J connectivity index is 1.70. The molecule has 0 heterocycles. The summed E-state index contributed by atoms with van der Waals surface area (Å²) in [5.41, 5.74) is 10.7. The van der Waals surface area contributed by atoms with Gasteiger partial charge in [0.15, 0.2) is 5.17 Å². The minimum Gasteiger partial charge on any atom is -0.377 e. The van der Waals surface area contributed by atoms with E-state index in [9.17, 15) is 0 Å². The highest BCUT2D eigenvalue weighted by Gasteiger charge is 2.03. The van der Waals surface area contributed by atoms with Gasteiger partial charge in [-0.05, 0) is 28.8 Å². The topological polar surface area (TPSA) is 74.5 Å². The van der Waals surface area contributed by atoms with Gasteiger partial charge in [0.05, 0.1) is 17.8 Å². The summed E-state index contributed by atoms with van der Waals surface area (Å²) in [4.78, 5) is 0. The second kappa shape index (κ2) is 9.37. The molecule has 0 saturated heterocycles. The van der Waals surface area contributed by atoms with E-state index in [2.05, 4.69) is 28.4 Å². The van der Waals surface area contributed by atoms with Crippen molar-refractivity contribution in [2.75, 3.05) is 0 Å². The predicted molar refractivity (Wildman–Crippen MR) is 114 cm³/mol. The first-order valence-corrected chi connectivity index (χ1v) is 9.37. The van der Waals surface area contributed by atoms with Gasteiger partial charge in [-0.2, -0.15) is 10.4 Å². The molecule has 3 aromatic rings. The van der Waals surface area contributed by atoms with Crippen LogP contribution >= 0.6 is 11.8 Å². The van der Waals surface area contributed by atoms with Crippen LogP contribution < -0.4 is 5.73 Å². The number of nitrogens with two attached hydrogens (primary N) is 1. The lowest BCUT2D eigenvalue weighted by Gasteiger charge is -2.05. The highest BCUT2D eigenvalue weighted by atomic mass is 32.2. The molecule has 0 fully saturated rings. The number of benzene rings is 3. The molecule has 0 aromatic heterocycles. The van der Waals surface area contributed by atoms with Gasteiger partial charge in [-0.25, -0.2) is 0 Å². The first-order chi connectivity index (χ1) is 13.3. The van der Waals surface area contributed by atoms with Gasteiger partial charge < -0.3 is 5.73 Å². The van der Waals surface area contributed by atoms with Gasteiger partial charge in [-0.15, -0.1) is 5.10 Å². The van der Waals surface area contributed by atoms with Crippen molar-refractivity contribution in [1.29, 1.82) is 5.26 Å². The third-order valence-electron chi connectivity index (χ3n) is 3.87. The van der Waals surface area contributed by atoms with Crippen LogP contribution in [0, 0.1) is 11.3 Å². The van der Waals surface area contributed by atoms with Crippen molar-refractivity contribution in [1.82, 2.24) is 0 Å². The second-order valence-electron chi connectivity index (χ2n) is 5.73. The molecule has 4 nitrogen and oxygen atoms in total. The summed E-state index contributed by atoms with van der Waals surface area (Å²) in [6.45, 7) is 0. The van der Waals surface area contributed by atoms with Gasteiger partial charge in [0.1, 0.15) is 0 Å². The SMILES string of the molecule is N#Cc1ccc(-c2ccccc2C=NN=C(N)SCc2ccccc2)cc1. The largest absolute Gasteiger partial charge is 0.377 e. The molecule has 27 heavy (non-hydrogen) atoms. The molecule has 0 unspecified atom stereocenters. The van der Waals surface area contributed by atoms with Crippen LogP contribution in [0.1, 0.15) is 16.7 Å². The van der Waals surface area contributed by atoms with E-state index < -0.39 is 0 Å². The summed E-state index contributed by atoms with van der Waals surface area (Å²) in [5.74, 6) is 0.757. The molecule has 0 aliphatic carbocycles. The van der Waals surface area contributed by atoms with Crippen LogP contribution in [0.25, 0.3) is 11.1 Å². The molecular weight excluding hydrogens is 352 g/mol. The zero-order valence-corrected chi connectivity index (χ0v) is 15.4. The molecular formula is C22H18N4S. The summed E-state index contributed by atoms with van der Waals surface area (Å²) < 4.78 is 0. The molecule has 0 saturated carbocycles. The van der Waals surface area contributed by atoms with Gasteiger partial charge in [0.2, 0.25) is 0 Å². The molecule has 0 spiro atoms. The molecule has 3 rings (SSSR count). The van der Waals surface area contributed by atoms with Gasteiger partial charge in [0, 0.05) is 11.3 Å². The fourth-order valence-corrected chi connectivity index (χ4v) is 3.12. The van der Waals surface area contributed by atoms with E-state index >= 15 is 0 Å². The maximum atomic E-state index is 8.94. The van der Waals surface area contributed by atoms with Crippen LogP contribution in [0.5, 0.6) is 0 Å². The Kier molecular flexibility index (Phi) is 6.40. The summed E-state index contributed by atoms with van der Waals surface area (Å²) in [6, 6.07) is 27.6. The molecule has 3 aromatic carbocycles. The van der Waals surface area contributed by atoms with Crippen LogP contribution in [0.2, 0.25) is 0 Å². The van der Waals surface area contributed by atoms with Crippen molar-refractivity contribution in [2.24, 2.45) is 15.9 Å². The Bertz CT molecular complexity index is 987. The molecule has 0 atom stereocenters. The van der Waals surface area contributed by atoms with Gasteiger partial charge >= 0.3 is 0 Å². The average Bonchev–Trinajstić information content (AvgIpc) is 2.73. The van der Waals surface area contributed by atoms with E-state index in [-0.39, 0.29) is 0 Å². The van der Waals surface area contributed by atoms with Crippen LogP contribution in [0.4, 0.5) is 0 Å². The number of hydrogen-bond donors (Lipinski definition) is 1. The Morgan fingerprint density at radius 3 is 2.41 bits per heavy atom.